The van der Waals surface area contributed by atoms with E-state index in [-0.39, 0.29) is 5.56 Å². The van der Waals surface area contributed by atoms with Gasteiger partial charge in [-0.1, -0.05) is 29.5 Å². The summed E-state index contributed by atoms with van der Waals surface area (Å²) < 4.78 is 1.74. The van der Waals surface area contributed by atoms with Crippen molar-refractivity contribution in [2.45, 2.75) is 31.7 Å². The summed E-state index contributed by atoms with van der Waals surface area (Å²) >= 11 is 0. The Kier molecular flexibility index (Phi) is 3.49. The van der Waals surface area contributed by atoms with Crippen LogP contribution in [0.25, 0.3) is 10.9 Å². The standard InChI is InChI=1S/C17H17N5O/c23-17-13-8-4-5-9-14(13)18-16(19-17)11-22-10-15(20-21-22)12-6-2-1-3-7-12/h1-2,4-5,8-10,12H,3,6-7,11H2,(H,18,19,23)/t12-/m1/s1. The van der Waals surface area contributed by atoms with Crippen molar-refractivity contribution < 1.29 is 0 Å². The lowest BCUT2D eigenvalue weighted by molar-refractivity contribution is 0.597. The van der Waals surface area contributed by atoms with Gasteiger partial charge in [0, 0.05) is 12.1 Å². The zero-order chi connectivity index (χ0) is 15.6. The molecule has 116 valence electrons. The van der Waals surface area contributed by atoms with Gasteiger partial charge in [0.05, 0.1) is 16.6 Å². The lowest BCUT2D eigenvalue weighted by Crippen LogP contribution is -2.14. The van der Waals surface area contributed by atoms with E-state index in [0.29, 0.717) is 29.2 Å². The zero-order valence-corrected chi connectivity index (χ0v) is 12.6. The summed E-state index contributed by atoms with van der Waals surface area (Å²) in [5.74, 6) is 1.03. The van der Waals surface area contributed by atoms with Crippen molar-refractivity contribution in [3.05, 3.63) is 64.5 Å². The molecule has 2 heterocycles. The van der Waals surface area contributed by atoms with E-state index >= 15 is 0 Å². The van der Waals surface area contributed by atoms with E-state index in [1.807, 2.05) is 24.4 Å². The van der Waals surface area contributed by atoms with E-state index in [2.05, 4.69) is 32.4 Å². The van der Waals surface area contributed by atoms with Gasteiger partial charge in [-0.25, -0.2) is 9.67 Å². The van der Waals surface area contributed by atoms with Crippen LogP contribution in [0.1, 0.15) is 36.7 Å². The highest BCUT2D eigenvalue weighted by molar-refractivity contribution is 5.77. The van der Waals surface area contributed by atoms with Crippen LogP contribution in [0.5, 0.6) is 0 Å². The molecule has 0 saturated carbocycles. The highest BCUT2D eigenvalue weighted by Crippen LogP contribution is 2.27. The molecule has 0 saturated heterocycles. The number of rotatable bonds is 3. The van der Waals surface area contributed by atoms with Gasteiger partial charge in [-0.05, 0) is 31.4 Å². The average molecular weight is 307 g/mol. The third-order valence-electron chi connectivity index (χ3n) is 4.22. The first-order chi connectivity index (χ1) is 11.3. The van der Waals surface area contributed by atoms with Crippen LogP contribution in [0.2, 0.25) is 0 Å². The largest absolute Gasteiger partial charge is 0.308 e. The predicted molar refractivity (Wildman–Crippen MR) is 87.2 cm³/mol. The maximum Gasteiger partial charge on any atom is 0.258 e. The number of para-hydroxylation sites is 1. The lowest BCUT2D eigenvalue weighted by atomic mass is 9.92. The molecule has 2 aromatic heterocycles. The van der Waals surface area contributed by atoms with E-state index in [1.54, 1.807) is 10.7 Å². The Morgan fingerprint density at radius 1 is 1.26 bits per heavy atom. The van der Waals surface area contributed by atoms with Crippen LogP contribution in [-0.4, -0.2) is 25.0 Å². The zero-order valence-electron chi connectivity index (χ0n) is 12.6. The van der Waals surface area contributed by atoms with Crippen molar-refractivity contribution >= 4 is 10.9 Å². The molecule has 1 atom stereocenters. The summed E-state index contributed by atoms with van der Waals surface area (Å²) in [7, 11) is 0. The number of nitrogens with one attached hydrogen (secondary N) is 1. The monoisotopic (exact) mass is 307 g/mol. The van der Waals surface area contributed by atoms with E-state index in [4.69, 9.17) is 0 Å². The van der Waals surface area contributed by atoms with Gasteiger partial charge in [-0.2, -0.15) is 0 Å². The Labute approximate surface area is 132 Å². The van der Waals surface area contributed by atoms with E-state index in [0.717, 1.165) is 25.0 Å². The summed E-state index contributed by atoms with van der Waals surface area (Å²) in [6.07, 6.45) is 9.60. The van der Waals surface area contributed by atoms with Gasteiger partial charge in [0.1, 0.15) is 12.4 Å². The molecule has 1 aliphatic rings. The molecule has 4 rings (SSSR count). The van der Waals surface area contributed by atoms with Crippen molar-refractivity contribution in [3.63, 3.8) is 0 Å². The summed E-state index contributed by atoms with van der Waals surface area (Å²) in [4.78, 5) is 19.4. The molecule has 1 aliphatic carbocycles. The maximum atomic E-state index is 12.1. The van der Waals surface area contributed by atoms with Crippen molar-refractivity contribution in [1.29, 1.82) is 0 Å². The summed E-state index contributed by atoms with van der Waals surface area (Å²) in [6, 6.07) is 7.33. The van der Waals surface area contributed by atoms with Crippen molar-refractivity contribution in [2.75, 3.05) is 0 Å². The van der Waals surface area contributed by atoms with Crippen LogP contribution in [0, 0.1) is 0 Å². The number of aromatic nitrogens is 5. The highest BCUT2D eigenvalue weighted by Gasteiger charge is 2.16. The molecule has 0 radical (unpaired) electrons. The minimum absolute atomic E-state index is 0.122. The molecule has 23 heavy (non-hydrogen) atoms. The summed E-state index contributed by atoms with van der Waals surface area (Å²) in [6.45, 7) is 0.412. The molecule has 0 spiro atoms. The number of benzene rings is 1. The van der Waals surface area contributed by atoms with Crippen LogP contribution < -0.4 is 5.56 Å². The molecule has 1 aromatic carbocycles. The minimum Gasteiger partial charge on any atom is -0.308 e. The normalized spacial score (nSPS) is 17.7. The molecule has 6 nitrogen and oxygen atoms in total. The first-order valence-corrected chi connectivity index (χ1v) is 7.82. The topological polar surface area (TPSA) is 76.5 Å². The quantitative estimate of drug-likeness (QED) is 0.754. The van der Waals surface area contributed by atoms with Gasteiger partial charge in [0.25, 0.3) is 5.56 Å². The Morgan fingerprint density at radius 2 is 2.17 bits per heavy atom. The van der Waals surface area contributed by atoms with Crippen molar-refractivity contribution in [1.82, 2.24) is 25.0 Å². The second-order valence-electron chi connectivity index (χ2n) is 5.85. The Bertz CT molecular complexity index is 924. The van der Waals surface area contributed by atoms with Crippen LogP contribution in [0.15, 0.2) is 47.4 Å². The van der Waals surface area contributed by atoms with Crippen LogP contribution >= 0.6 is 0 Å². The van der Waals surface area contributed by atoms with Crippen LogP contribution in [0.4, 0.5) is 0 Å². The molecule has 0 fully saturated rings. The van der Waals surface area contributed by atoms with Crippen LogP contribution in [0.3, 0.4) is 0 Å². The lowest BCUT2D eigenvalue weighted by Gasteiger charge is -2.13. The number of hydrogen-bond acceptors (Lipinski definition) is 4. The number of nitrogens with zero attached hydrogens (tertiary/aromatic N) is 4. The fourth-order valence-electron chi connectivity index (χ4n) is 3.00. The SMILES string of the molecule is O=c1[nH]c(Cn2cc([C@@H]3CC=CCC3)nn2)nc2ccccc12. The van der Waals surface area contributed by atoms with E-state index in [9.17, 15) is 4.79 Å². The fourth-order valence-corrected chi connectivity index (χ4v) is 3.00. The van der Waals surface area contributed by atoms with Crippen LogP contribution in [-0.2, 0) is 6.54 Å². The molecular weight excluding hydrogens is 290 g/mol. The molecular formula is C17H17N5O. The van der Waals surface area contributed by atoms with Gasteiger partial charge in [0.15, 0.2) is 0 Å². The average Bonchev–Trinajstić information content (AvgIpc) is 3.04. The van der Waals surface area contributed by atoms with Gasteiger partial charge in [-0.15, -0.1) is 5.10 Å². The van der Waals surface area contributed by atoms with Gasteiger partial charge in [0.2, 0.25) is 0 Å². The first-order valence-electron chi connectivity index (χ1n) is 7.82. The molecule has 3 aromatic rings. The molecule has 0 bridgehead atoms. The smallest absolute Gasteiger partial charge is 0.258 e. The van der Waals surface area contributed by atoms with Gasteiger partial charge in [-0.3, -0.25) is 4.79 Å². The Morgan fingerprint density at radius 3 is 3.04 bits per heavy atom. The number of aromatic amines is 1. The third kappa shape index (κ3) is 2.79. The number of H-pyrrole nitrogens is 1. The summed E-state index contributed by atoms with van der Waals surface area (Å²) in [5.41, 5.74) is 1.59. The fraction of sp³-hybridized carbons (Fsp3) is 0.294. The van der Waals surface area contributed by atoms with Crippen molar-refractivity contribution in [3.8, 4) is 0 Å². The third-order valence-corrected chi connectivity index (χ3v) is 4.22. The predicted octanol–water partition coefficient (Wildman–Crippen LogP) is 2.39. The maximum absolute atomic E-state index is 12.1. The molecule has 6 heteroatoms. The number of allylic oxidation sites excluding steroid dienone is 2. The van der Waals surface area contributed by atoms with Crippen molar-refractivity contribution in [2.24, 2.45) is 0 Å². The Balaban J connectivity index is 1.60. The summed E-state index contributed by atoms with van der Waals surface area (Å²) in [5, 5.41) is 9.06. The number of hydrogen-bond donors (Lipinski definition) is 1. The Hall–Kier alpha value is -2.76. The second kappa shape index (κ2) is 5.79. The second-order valence-corrected chi connectivity index (χ2v) is 5.85. The minimum atomic E-state index is -0.122. The van der Waals surface area contributed by atoms with E-state index in [1.165, 1.54) is 0 Å². The van der Waals surface area contributed by atoms with E-state index < -0.39 is 0 Å². The molecule has 0 unspecified atom stereocenters. The van der Waals surface area contributed by atoms with Gasteiger partial charge < -0.3 is 4.98 Å². The van der Waals surface area contributed by atoms with Gasteiger partial charge >= 0.3 is 0 Å². The molecule has 0 aliphatic heterocycles. The first kappa shape index (κ1) is 13.9. The highest BCUT2D eigenvalue weighted by atomic mass is 16.1. The molecule has 1 N–H and O–H groups in total. The molecule has 0 amide bonds. The number of fused-ring (bicyclic) bond motifs is 1.